The quantitative estimate of drug-likeness (QED) is 0.281. The van der Waals surface area contributed by atoms with E-state index in [9.17, 15) is 35.6 Å². The average Bonchev–Trinajstić information content (AvgIpc) is 3.36. The van der Waals surface area contributed by atoms with Gasteiger partial charge in [0.2, 0.25) is 10.0 Å². The zero-order chi connectivity index (χ0) is 31.8. The summed E-state index contributed by atoms with van der Waals surface area (Å²) in [5, 5.41) is 7.30. The number of halogens is 4. The molecule has 0 saturated carbocycles. The van der Waals surface area contributed by atoms with E-state index in [0.29, 0.717) is 28.7 Å². The van der Waals surface area contributed by atoms with Crippen molar-refractivity contribution in [1.82, 2.24) is 19.8 Å². The third-order valence-electron chi connectivity index (χ3n) is 7.19. The van der Waals surface area contributed by atoms with Crippen LogP contribution in [0, 0.1) is 5.82 Å². The molecule has 9 nitrogen and oxygen atoms in total. The molecular weight excluding hydrogens is 602 g/mol. The Morgan fingerprint density at radius 1 is 1.00 bits per heavy atom. The highest BCUT2D eigenvalue weighted by atomic mass is 32.2. The van der Waals surface area contributed by atoms with E-state index in [-0.39, 0.29) is 24.3 Å². The summed E-state index contributed by atoms with van der Waals surface area (Å²) in [5.41, 5.74) is 0.203. The largest absolute Gasteiger partial charge is 0.416 e. The molecule has 2 atom stereocenters. The number of carbonyl (C=O) groups is 2. The first-order valence-corrected chi connectivity index (χ1v) is 15.3. The number of alkyl halides is 3. The second-order valence-corrected chi connectivity index (χ2v) is 12.0. The van der Waals surface area contributed by atoms with Crippen LogP contribution in [0.25, 0.3) is 5.69 Å². The van der Waals surface area contributed by atoms with Gasteiger partial charge in [0.1, 0.15) is 17.7 Å². The average molecular weight is 630 g/mol. The number of hydrogen-bond donors (Lipinski definition) is 2. The fraction of sp³-hybridized carbons (Fsp3) is 0.233. The number of aromatic nitrogens is 2. The number of nitrogens with zero attached hydrogens (tertiary/aromatic N) is 3. The molecule has 0 aliphatic carbocycles. The zero-order valence-electron chi connectivity index (χ0n) is 23.5. The Balaban J connectivity index is 1.71. The highest BCUT2D eigenvalue weighted by Crippen LogP contribution is 2.43. The van der Waals surface area contributed by atoms with Gasteiger partial charge in [-0.3, -0.25) is 14.5 Å². The van der Waals surface area contributed by atoms with Crippen LogP contribution in [0.2, 0.25) is 0 Å². The number of likely N-dealkylation sites (N-methyl/N-ethyl adjacent to an activating group) is 1. The summed E-state index contributed by atoms with van der Waals surface area (Å²) in [4.78, 5) is 29.0. The summed E-state index contributed by atoms with van der Waals surface area (Å²) in [5.74, 6) is -2.80. The minimum absolute atomic E-state index is 0.107. The van der Waals surface area contributed by atoms with Crippen molar-refractivity contribution in [2.45, 2.75) is 31.6 Å². The molecule has 5 rings (SSSR count). The van der Waals surface area contributed by atoms with E-state index in [0.717, 1.165) is 18.4 Å². The Morgan fingerprint density at radius 3 is 2.30 bits per heavy atom. The Hall–Kier alpha value is -4.56. The van der Waals surface area contributed by atoms with Gasteiger partial charge >= 0.3 is 6.18 Å². The number of anilines is 1. The topological polar surface area (TPSA) is 113 Å². The van der Waals surface area contributed by atoms with Crippen LogP contribution in [0.1, 0.15) is 45.6 Å². The maximum atomic E-state index is 14.2. The molecule has 1 aromatic heterocycles. The lowest BCUT2D eigenvalue weighted by molar-refractivity contribution is -0.137. The molecule has 44 heavy (non-hydrogen) atoms. The van der Waals surface area contributed by atoms with Crippen molar-refractivity contribution in [3.05, 3.63) is 113 Å². The molecule has 14 heteroatoms. The van der Waals surface area contributed by atoms with Crippen molar-refractivity contribution in [3.63, 3.8) is 0 Å². The molecule has 0 saturated heterocycles. The van der Waals surface area contributed by atoms with Gasteiger partial charge in [-0.15, -0.1) is 0 Å². The van der Waals surface area contributed by atoms with Crippen LogP contribution in [0.4, 0.5) is 23.4 Å². The number of carbonyl (C=O) groups excluding carboxylic acids is 2. The maximum Gasteiger partial charge on any atom is 0.416 e. The van der Waals surface area contributed by atoms with Gasteiger partial charge in [0, 0.05) is 23.6 Å². The van der Waals surface area contributed by atoms with Crippen molar-refractivity contribution in [2.75, 3.05) is 17.7 Å². The summed E-state index contributed by atoms with van der Waals surface area (Å²) in [6.45, 7) is 1.52. The van der Waals surface area contributed by atoms with Crippen molar-refractivity contribution in [2.24, 2.45) is 0 Å². The number of para-hydroxylation sites is 1. The summed E-state index contributed by atoms with van der Waals surface area (Å²) in [6.07, 6.45) is -3.72. The summed E-state index contributed by atoms with van der Waals surface area (Å²) in [7, 11) is -3.70. The molecular formula is C30H27F4N5O4S. The molecule has 3 aromatic carbocycles. The van der Waals surface area contributed by atoms with Gasteiger partial charge in [-0.1, -0.05) is 36.4 Å². The lowest BCUT2D eigenvalue weighted by Gasteiger charge is -2.38. The molecule has 2 amide bonds. The van der Waals surface area contributed by atoms with Crippen molar-refractivity contribution >= 4 is 27.7 Å². The molecule has 0 bridgehead atoms. The summed E-state index contributed by atoms with van der Waals surface area (Å²) in [6, 6.07) is 16.4. The van der Waals surface area contributed by atoms with Gasteiger partial charge in [-0.25, -0.2) is 22.2 Å². The first kappa shape index (κ1) is 30.9. The van der Waals surface area contributed by atoms with Crippen LogP contribution >= 0.6 is 0 Å². The number of nitrogens with one attached hydrogen (secondary N) is 2. The Kier molecular flexibility index (Phi) is 8.32. The minimum atomic E-state index is -4.70. The summed E-state index contributed by atoms with van der Waals surface area (Å²) >= 11 is 0. The predicted molar refractivity (Wildman–Crippen MR) is 154 cm³/mol. The normalized spacial score (nSPS) is 17.0. The van der Waals surface area contributed by atoms with Gasteiger partial charge in [0.25, 0.3) is 11.8 Å². The highest BCUT2D eigenvalue weighted by Gasteiger charge is 2.46. The Labute approximate surface area is 250 Å². The number of benzene rings is 3. The fourth-order valence-corrected chi connectivity index (χ4v) is 5.64. The van der Waals surface area contributed by atoms with Crippen LogP contribution in [0.5, 0.6) is 0 Å². The molecule has 0 unspecified atom stereocenters. The van der Waals surface area contributed by atoms with E-state index in [2.05, 4.69) is 15.1 Å². The maximum absolute atomic E-state index is 14.2. The lowest BCUT2D eigenvalue weighted by atomic mass is 9.80. The molecule has 1 aliphatic heterocycles. The van der Waals surface area contributed by atoms with Crippen LogP contribution in [-0.4, -0.2) is 48.9 Å². The molecule has 0 fully saturated rings. The lowest BCUT2D eigenvalue weighted by Crippen LogP contribution is -2.55. The molecule has 0 radical (unpaired) electrons. The van der Waals surface area contributed by atoms with Crippen molar-refractivity contribution < 1.29 is 35.6 Å². The molecule has 1 aliphatic rings. The minimum Gasteiger partial charge on any atom is -0.339 e. The second kappa shape index (κ2) is 11.8. The first-order chi connectivity index (χ1) is 20.8. The summed E-state index contributed by atoms with van der Waals surface area (Å²) < 4.78 is 82.3. The van der Waals surface area contributed by atoms with Gasteiger partial charge in [-0.05, 0) is 55.0 Å². The monoisotopic (exact) mass is 629 g/mol. The molecule has 0 spiro atoms. The number of rotatable bonds is 8. The zero-order valence-corrected chi connectivity index (χ0v) is 24.3. The van der Waals surface area contributed by atoms with Gasteiger partial charge in [0.05, 0.1) is 29.7 Å². The van der Waals surface area contributed by atoms with E-state index < -0.39 is 51.4 Å². The smallest absolute Gasteiger partial charge is 0.339 e. The number of amides is 2. The highest BCUT2D eigenvalue weighted by molar-refractivity contribution is 7.88. The van der Waals surface area contributed by atoms with Crippen molar-refractivity contribution in [1.29, 1.82) is 0 Å². The van der Waals surface area contributed by atoms with Crippen LogP contribution in [0.3, 0.4) is 0 Å². The second-order valence-electron chi connectivity index (χ2n) is 10.2. The van der Waals surface area contributed by atoms with Crippen molar-refractivity contribution in [3.8, 4) is 5.69 Å². The van der Waals surface area contributed by atoms with Gasteiger partial charge < -0.3 is 5.32 Å². The van der Waals surface area contributed by atoms with Crippen LogP contribution < -0.4 is 14.9 Å². The Morgan fingerprint density at radius 2 is 1.68 bits per heavy atom. The van der Waals surface area contributed by atoms with E-state index in [1.807, 2.05) is 0 Å². The first-order valence-electron chi connectivity index (χ1n) is 13.4. The van der Waals surface area contributed by atoms with Gasteiger partial charge in [0.15, 0.2) is 0 Å². The van der Waals surface area contributed by atoms with Crippen LogP contribution in [0.15, 0.2) is 78.9 Å². The van der Waals surface area contributed by atoms with E-state index >= 15 is 0 Å². The predicted octanol–water partition coefficient (Wildman–Crippen LogP) is 4.38. The molecule has 230 valence electrons. The third-order valence-corrected chi connectivity index (χ3v) is 7.86. The fourth-order valence-electron chi connectivity index (χ4n) is 5.25. The van der Waals surface area contributed by atoms with E-state index in [4.69, 9.17) is 0 Å². The molecule has 2 N–H and O–H groups in total. The van der Waals surface area contributed by atoms with Gasteiger partial charge in [-0.2, -0.15) is 18.3 Å². The SMILES string of the molecule is CCN1C(=O)[C@@H](NC(=O)c2cccc(C(F)(F)F)c2)[C@@H](c2ccc(F)cc2)c2c(CNS(C)(=O)=O)nn(-c3ccccc3)c21. The van der Waals surface area contributed by atoms with E-state index in [1.54, 1.807) is 37.3 Å². The Bertz CT molecular complexity index is 1810. The van der Waals surface area contributed by atoms with Crippen LogP contribution in [-0.2, 0) is 27.5 Å². The molecule has 4 aromatic rings. The van der Waals surface area contributed by atoms with E-state index in [1.165, 1.54) is 39.9 Å². The number of hydrogen-bond acceptors (Lipinski definition) is 5. The standard InChI is InChI=1S/C30H27F4N5O4S/c1-3-38-28-25(23(17-35-44(2,42)43)37-39(28)22-10-5-4-6-11-22)24(18-12-14-21(31)15-13-18)26(29(38)41)36-27(40)19-8-7-9-20(16-19)30(32,33)34/h4-16,24,26,35H,3,17H2,1-2H3,(H,36,40)/t24-,26-/m0/s1. The third kappa shape index (κ3) is 6.21. The number of fused-ring (bicyclic) bond motifs is 1. The number of sulfonamides is 1. The molecule has 2 heterocycles.